The Hall–Kier alpha value is -2.89. The summed E-state index contributed by atoms with van der Waals surface area (Å²) in [5.74, 6) is 1.16. The second kappa shape index (κ2) is 7.50. The summed E-state index contributed by atoms with van der Waals surface area (Å²) in [4.78, 5) is 6.05. The molecule has 0 aliphatic heterocycles. The maximum absolute atomic E-state index is 10.8. The van der Waals surface area contributed by atoms with Gasteiger partial charge in [0.15, 0.2) is 5.82 Å². The lowest BCUT2D eigenvalue weighted by atomic mass is 9.97. The fourth-order valence-corrected chi connectivity index (χ4v) is 4.82. The Morgan fingerprint density at radius 2 is 1.69 bits per heavy atom. The average molecular weight is 461 g/mol. The van der Waals surface area contributed by atoms with E-state index >= 15 is 0 Å². The molecule has 0 fully saturated rings. The van der Waals surface area contributed by atoms with Crippen molar-refractivity contribution in [2.24, 2.45) is 0 Å². The lowest BCUT2D eigenvalue weighted by molar-refractivity contribution is 0.461. The van der Waals surface area contributed by atoms with Crippen molar-refractivity contribution in [1.82, 2.24) is 9.55 Å². The number of phenolic OH excluding ortho intramolecular Hbond substituents is 1. The highest BCUT2D eigenvalue weighted by atomic mass is 79.9. The van der Waals surface area contributed by atoms with E-state index in [1.807, 2.05) is 54.6 Å². The monoisotopic (exact) mass is 460 g/mol. The van der Waals surface area contributed by atoms with Crippen LogP contribution in [0.2, 0.25) is 0 Å². The molecule has 0 saturated carbocycles. The first-order chi connectivity index (χ1) is 14.2. The summed E-state index contributed by atoms with van der Waals surface area (Å²) in [5, 5.41) is 12.9. The van der Waals surface area contributed by atoms with E-state index in [1.54, 1.807) is 17.4 Å². The van der Waals surface area contributed by atoms with Crippen LogP contribution in [0.1, 0.15) is 17.2 Å². The summed E-state index contributed by atoms with van der Waals surface area (Å²) in [6, 6.07) is 27.9. The van der Waals surface area contributed by atoms with Crippen LogP contribution in [0.25, 0.3) is 21.7 Å². The molecule has 1 atom stereocenters. The van der Waals surface area contributed by atoms with Crippen LogP contribution in [-0.4, -0.2) is 14.7 Å². The van der Waals surface area contributed by atoms with Gasteiger partial charge in [0, 0.05) is 10.0 Å². The molecule has 0 radical (unpaired) electrons. The molecular formula is C24H17BrN2OS. The molecule has 5 aromatic rings. The molecular weight excluding hydrogens is 444 g/mol. The first-order valence-corrected chi connectivity index (χ1v) is 10.9. The summed E-state index contributed by atoms with van der Waals surface area (Å²) >= 11 is 5.24. The molecule has 1 N–H and O–H groups in total. The lowest BCUT2D eigenvalue weighted by Crippen LogP contribution is -2.14. The fourth-order valence-electron chi connectivity index (χ4n) is 3.73. The van der Waals surface area contributed by atoms with E-state index in [0.29, 0.717) is 0 Å². The largest absolute Gasteiger partial charge is 0.508 e. The van der Waals surface area contributed by atoms with Crippen LogP contribution in [0.4, 0.5) is 0 Å². The maximum Gasteiger partial charge on any atom is 0.152 e. The van der Waals surface area contributed by atoms with Crippen molar-refractivity contribution in [2.75, 3.05) is 0 Å². The van der Waals surface area contributed by atoms with Gasteiger partial charge in [0.05, 0.1) is 22.0 Å². The first-order valence-electron chi connectivity index (χ1n) is 9.26. The molecule has 142 valence electrons. The van der Waals surface area contributed by atoms with Gasteiger partial charge in [-0.2, -0.15) is 0 Å². The Labute approximate surface area is 181 Å². The zero-order valence-electron chi connectivity index (χ0n) is 15.4. The molecule has 1 unspecified atom stereocenters. The number of nitrogens with zero attached hydrogens (tertiary/aromatic N) is 2. The molecule has 0 saturated heterocycles. The van der Waals surface area contributed by atoms with E-state index in [4.69, 9.17) is 4.98 Å². The standard InChI is InChI=1S/C24H17BrN2OS/c25-17-12-13-21(28)18(15-17)23(16-7-2-1-3-8-16)27-20-10-5-4-9-19(20)26-24(27)22-11-6-14-29-22/h1-15,23,28H. The van der Waals surface area contributed by atoms with Crippen molar-refractivity contribution < 1.29 is 5.11 Å². The van der Waals surface area contributed by atoms with Crippen molar-refractivity contribution >= 4 is 38.3 Å². The highest BCUT2D eigenvalue weighted by Crippen LogP contribution is 2.40. The van der Waals surface area contributed by atoms with Gasteiger partial charge < -0.3 is 9.67 Å². The average Bonchev–Trinajstić information content (AvgIpc) is 3.40. The highest BCUT2D eigenvalue weighted by molar-refractivity contribution is 9.10. The van der Waals surface area contributed by atoms with Crippen LogP contribution < -0.4 is 0 Å². The number of hydrogen-bond acceptors (Lipinski definition) is 3. The third kappa shape index (κ3) is 3.26. The first kappa shape index (κ1) is 18.2. The number of thiophene rings is 1. The molecule has 3 aromatic carbocycles. The summed E-state index contributed by atoms with van der Waals surface area (Å²) in [7, 11) is 0. The number of aromatic nitrogens is 2. The predicted octanol–water partition coefficient (Wildman–Crippen LogP) is 6.87. The number of para-hydroxylation sites is 2. The Morgan fingerprint density at radius 3 is 2.48 bits per heavy atom. The Kier molecular flexibility index (Phi) is 4.70. The van der Waals surface area contributed by atoms with Crippen molar-refractivity contribution in [1.29, 1.82) is 0 Å². The minimum Gasteiger partial charge on any atom is -0.508 e. The smallest absolute Gasteiger partial charge is 0.152 e. The zero-order valence-corrected chi connectivity index (χ0v) is 17.8. The number of hydrogen-bond donors (Lipinski definition) is 1. The summed E-state index contributed by atoms with van der Waals surface area (Å²) < 4.78 is 3.16. The van der Waals surface area contributed by atoms with Gasteiger partial charge in [0.1, 0.15) is 5.75 Å². The fraction of sp³-hybridized carbons (Fsp3) is 0.0417. The van der Waals surface area contributed by atoms with E-state index in [-0.39, 0.29) is 11.8 Å². The molecule has 5 heteroatoms. The van der Waals surface area contributed by atoms with E-state index in [0.717, 1.165) is 37.3 Å². The summed E-state index contributed by atoms with van der Waals surface area (Å²) in [5.41, 5.74) is 3.88. The van der Waals surface area contributed by atoms with Crippen molar-refractivity contribution in [3.63, 3.8) is 0 Å². The number of aromatic hydroxyl groups is 1. The minimum absolute atomic E-state index is 0.224. The molecule has 0 aliphatic carbocycles. The van der Waals surface area contributed by atoms with Gasteiger partial charge in [-0.1, -0.05) is 64.5 Å². The molecule has 0 aliphatic rings. The number of phenols is 1. The number of benzene rings is 3. The van der Waals surface area contributed by atoms with Gasteiger partial charge in [0.2, 0.25) is 0 Å². The Bertz CT molecular complexity index is 1280. The minimum atomic E-state index is -0.224. The third-order valence-corrected chi connectivity index (χ3v) is 6.35. The maximum atomic E-state index is 10.8. The van der Waals surface area contributed by atoms with Gasteiger partial charge in [0.25, 0.3) is 0 Å². The van der Waals surface area contributed by atoms with E-state index in [1.165, 1.54) is 0 Å². The molecule has 5 rings (SSSR count). The molecule has 0 amide bonds. The molecule has 2 heterocycles. The van der Waals surface area contributed by atoms with E-state index in [9.17, 15) is 5.11 Å². The topological polar surface area (TPSA) is 38.0 Å². The van der Waals surface area contributed by atoms with Gasteiger partial charge in [-0.25, -0.2) is 4.98 Å². The van der Waals surface area contributed by atoms with E-state index in [2.05, 4.69) is 50.1 Å². The lowest BCUT2D eigenvalue weighted by Gasteiger charge is -2.24. The number of halogens is 1. The van der Waals surface area contributed by atoms with Crippen molar-refractivity contribution in [2.45, 2.75) is 6.04 Å². The van der Waals surface area contributed by atoms with Gasteiger partial charge in [-0.05, 0) is 47.3 Å². The molecule has 2 aromatic heterocycles. The summed E-state index contributed by atoms with van der Waals surface area (Å²) in [6.45, 7) is 0. The predicted molar refractivity (Wildman–Crippen MR) is 123 cm³/mol. The number of fused-ring (bicyclic) bond motifs is 1. The molecule has 0 bridgehead atoms. The van der Waals surface area contributed by atoms with Crippen molar-refractivity contribution in [3.8, 4) is 16.5 Å². The second-order valence-electron chi connectivity index (χ2n) is 6.79. The van der Waals surface area contributed by atoms with Crippen LogP contribution in [-0.2, 0) is 0 Å². The van der Waals surface area contributed by atoms with Crippen LogP contribution in [0.3, 0.4) is 0 Å². The van der Waals surface area contributed by atoms with Gasteiger partial charge in [-0.3, -0.25) is 0 Å². The summed E-state index contributed by atoms with van der Waals surface area (Å²) in [6.07, 6.45) is 0. The highest BCUT2D eigenvalue weighted by Gasteiger charge is 2.26. The van der Waals surface area contributed by atoms with Crippen LogP contribution in [0, 0.1) is 0 Å². The van der Waals surface area contributed by atoms with Crippen LogP contribution in [0.15, 0.2) is 94.8 Å². The van der Waals surface area contributed by atoms with E-state index < -0.39 is 0 Å². The normalized spacial score (nSPS) is 12.3. The molecule has 3 nitrogen and oxygen atoms in total. The van der Waals surface area contributed by atoms with Gasteiger partial charge in [-0.15, -0.1) is 11.3 Å². The second-order valence-corrected chi connectivity index (χ2v) is 8.65. The Balaban J connectivity index is 1.87. The molecule has 0 spiro atoms. The van der Waals surface area contributed by atoms with Gasteiger partial charge >= 0.3 is 0 Å². The SMILES string of the molecule is Oc1ccc(Br)cc1C(c1ccccc1)n1c(-c2cccs2)nc2ccccc21. The van der Waals surface area contributed by atoms with Crippen LogP contribution >= 0.6 is 27.3 Å². The Morgan fingerprint density at radius 1 is 0.897 bits per heavy atom. The number of imidazole rings is 1. The zero-order chi connectivity index (χ0) is 19.8. The third-order valence-electron chi connectivity index (χ3n) is 5.00. The number of rotatable bonds is 4. The van der Waals surface area contributed by atoms with Crippen molar-refractivity contribution in [3.05, 3.63) is 106 Å². The van der Waals surface area contributed by atoms with Crippen LogP contribution in [0.5, 0.6) is 5.75 Å². The molecule has 29 heavy (non-hydrogen) atoms. The quantitative estimate of drug-likeness (QED) is 0.317.